The molecule has 32 heavy (non-hydrogen) atoms. The topological polar surface area (TPSA) is 69.6 Å². The number of benzene rings is 1. The van der Waals surface area contributed by atoms with E-state index in [1.54, 1.807) is 4.90 Å². The van der Waals surface area contributed by atoms with Crippen LogP contribution >= 0.6 is 0 Å². The number of aliphatic carboxylic acids is 1. The highest BCUT2D eigenvalue weighted by molar-refractivity contribution is 5.95. The van der Waals surface area contributed by atoms with Crippen LogP contribution in [0.1, 0.15) is 51.5 Å². The third kappa shape index (κ3) is 5.42. The van der Waals surface area contributed by atoms with E-state index in [2.05, 4.69) is 5.32 Å². The Hall–Kier alpha value is -2.16. The largest absolute Gasteiger partial charge is 0.481 e. The van der Waals surface area contributed by atoms with Crippen molar-refractivity contribution in [3.63, 3.8) is 0 Å². The molecule has 2 atom stereocenters. The van der Waals surface area contributed by atoms with E-state index in [1.165, 1.54) is 12.1 Å². The average molecular weight is 458 g/mol. The van der Waals surface area contributed by atoms with Crippen molar-refractivity contribution in [3.05, 3.63) is 29.6 Å². The van der Waals surface area contributed by atoms with Crippen molar-refractivity contribution < 1.29 is 32.3 Å². The number of piperidine rings is 1. The number of carbonyl (C=O) groups excluding carboxylic acids is 1. The summed E-state index contributed by atoms with van der Waals surface area (Å²) in [5, 5.41) is 11.7. The molecule has 9 heteroatoms. The molecule has 1 aliphatic carbocycles. The van der Waals surface area contributed by atoms with Crippen LogP contribution in [0.3, 0.4) is 0 Å². The number of carboxylic acids is 1. The van der Waals surface area contributed by atoms with Crippen molar-refractivity contribution >= 4 is 17.6 Å². The highest BCUT2D eigenvalue weighted by atomic mass is 19.4. The predicted octanol–water partition coefficient (Wildman–Crippen LogP) is 4.86. The zero-order valence-electron chi connectivity index (χ0n) is 18.3. The van der Waals surface area contributed by atoms with Gasteiger partial charge in [0.2, 0.25) is 5.91 Å². The van der Waals surface area contributed by atoms with Crippen molar-refractivity contribution in [1.29, 1.82) is 0 Å². The zero-order valence-corrected chi connectivity index (χ0v) is 18.3. The van der Waals surface area contributed by atoms with Crippen molar-refractivity contribution in [2.24, 2.45) is 17.3 Å². The summed E-state index contributed by atoms with van der Waals surface area (Å²) in [7, 11) is 0. The number of rotatable bonds is 8. The summed E-state index contributed by atoms with van der Waals surface area (Å²) in [6.45, 7) is 3.77. The molecule has 2 N–H and O–H groups in total. The fraction of sp³-hybridized carbons (Fsp3) is 0.652. The summed E-state index contributed by atoms with van der Waals surface area (Å²) in [6, 6.07) is 2.41. The van der Waals surface area contributed by atoms with Crippen molar-refractivity contribution in [1.82, 2.24) is 4.90 Å². The van der Waals surface area contributed by atoms with Gasteiger partial charge in [0.1, 0.15) is 11.9 Å². The maximum atomic E-state index is 14.4. The molecule has 1 heterocycles. The molecule has 1 saturated heterocycles. The van der Waals surface area contributed by atoms with Gasteiger partial charge in [0.25, 0.3) is 0 Å². The first kappa shape index (κ1) is 24.5. The molecule has 1 aliphatic heterocycles. The molecule has 3 rings (SSSR count). The molecule has 0 radical (unpaired) electrons. The second-order valence-electron chi connectivity index (χ2n) is 9.23. The van der Waals surface area contributed by atoms with E-state index in [0.29, 0.717) is 50.3 Å². The Morgan fingerprint density at radius 3 is 2.38 bits per heavy atom. The number of carboxylic acid groups (broad SMARTS) is 1. The molecule has 5 nitrogen and oxygen atoms in total. The number of nitrogens with one attached hydrogen (secondary N) is 1. The number of anilines is 1. The maximum absolute atomic E-state index is 14.4. The number of amides is 1. The molecule has 178 valence electrons. The van der Waals surface area contributed by atoms with Crippen LogP contribution in [0.15, 0.2) is 18.2 Å². The molecule has 0 spiro atoms. The van der Waals surface area contributed by atoms with Crippen molar-refractivity contribution in [2.75, 3.05) is 18.4 Å². The van der Waals surface area contributed by atoms with Crippen LogP contribution in [0.2, 0.25) is 0 Å². The van der Waals surface area contributed by atoms with Gasteiger partial charge in [-0.3, -0.25) is 14.5 Å². The number of alkyl halides is 3. The van der Waals surface area contributed by atoms with Gasteiger partial charge < -0.3 is 10.4 Å². The smallest absolute Gasteiger partial charge is 0.393 e. The Morgan fingerprint density at radius 2 is 1.88 bits per heavy atom. The monoisotopic (exact) mass is 458 g/mol. The van der Waals surface area contributed by atoms with Crippen LogP contribution in [0.4, 0.5) is 23.2 Å². The van der Waals surface area contributed by atoms with Crippen LogP contribution in [0.5, 0.6) is 0 Å². The molecule has 2 aliphatic rings. The summed E-state index contributed by atoms with van der Waals surface area (Å²) < 4.78 is 55.1. The predicted molar refractivity (Wildman–Crippen MR) is 112 cm³/mol. The second kappa shape index (κ2) is 9.37. The van der Waals surface area contributed by atoms with Crippen molar-refractivity contribution in [3.8, 4) is 0 Å². The fourth-order valence-electron chi connectivity index (χ4n) is 4.52. The van der Waals surface area contributed by atoms with Gasteiger partial charge in [-0.2, -0.15) is 13.2 Å². The highest BCUT2D eigenvalue weighted by Crippen LogP contribution is 2.48. The number of hydrogen-bond donors (Lipinski definition) is 2. The summed E-state index contributed by atoms with van der Waals surface area (Å²) in [4.78, 5) is 26.0. The van der Waals surface area contributed by atoms with E-state index >= 15 is 0 Å². The van der Waals surface area contributed by atoms with Gasteiger partial charge in [-0.1, -0.05) is 26.3 Å². The van der Waals surface area contributed by atoms with E-state index in [4.69, 9.17) is 0 Å². The van der Waals surface area contributed by atoms with E-state index in [0.717, 1.165) is 19.4 Å². The lowest BCUT2D eigenvalue weighted by atomic mass is 9.90. The lowest BCUT2D eigenvalue weighted by Crippen LogP contribution is -2.54. The highest BCUT2D eigenvalue weighted by Gasteiger charge is 2.50. The maximum Gasteiger partial charge on any atom is 0.393 e. The van der Waals surface area contributed by atoms with E-state index in [9.17, 15) is 32.3 Å². The Balaban J connectivity index is 1.79. The quantitative estimate of drug-likeness (QED) is 0.546. The van der Waals surface area contributed by atoms with E-state index in [-0.39, 0.29) is 12.1 Å². The molecular formula is C23H30F4N2O3. The first-order valence-electron chi connectivity index (χ1n) is 11.1. The lowest BCUT2D eigenvalue weighted by Gasteiger charge is -2.39. The molecule has 2 fully saturated rings. The summed E-state index contributed by atoms with van der Waals surface area (Å²) in [5.41, 5.74) is -0.585. The molecule has 1 saturated carbocycles. The molecule has 1 aromatic carbocycles. The zero-order chi connectivity index (χ0) is 23.7. The van der Waals surface area contributed by atoms with Crippen LogP contribution in [0.25, 0.3) is 0 Å². The number of nitrogens with zero attached hydrogens (tertiary/aromatic N) is 1. The van der Waals surface area contributed by atoms with Gasteiger partial charge >= 0.3 is 12.1 Å². The van der Waals surface area contributed by atoms with E-state index in [1.807, 2.05) is 6.92 Å². The lowest BCUT2D eigenvalue weighted by molar-refractivity contribution is -0.189. The van der Waals surface area contributed by atoms with Gasteiger partial charge in [0, 0.05) is 0 Å². The molecule has 0 aromatic heterocycles. The van der Waals surface area contributed by atoms with Crippen LogP contribution < -0.4 is 5.32 Å². The number of likely N-dealkylation sites (tertiary alicyclic amines) is 1. The molecule has 1 aromatic rings. The first-order chi connectivity index (χ1) is 15.0. The summed E-state index contributed by atoms with van der Waals surface area (Å²) in [5.74, 6) is -4.10. The number of hydrogen-bond acceptors (Lipinski definition) is 3. The van der Waals surface area contributed by atoms with Crippen molar-refractivity contribution in [2.45, 2.75) is 64.6 Å². The van der Waals surface area contributed by atoms with Crippen LogP contribution in [0, 0.1) is 23.1 Å². The molecule has 1 unspecified atom stereocenters. The van der Waals surface area contributed by atoms with Gasteiger partial charge in [0.15, 0.2) is 0 Å². The summed E-state index contributed by atoms with van der Waals surface area (Å²) in [6.07, 6.45) is -1.00. The van der Waals surface area contributed by atoms with Gasteiger partial charge in [-0.05, 0) is 68.8 Å². The average Bonchev–Trinajstić information content (AvgIpc) is 3.51. The minimum absolute atomic E-state index is 0.179. The SMILES string of the molecule is CCC1CCN([C@H](C(=O)Nc2cc(CC3(C(=O)O)CC3)ccc2F)C(C)C(F)(F)F)CC1. The third-order valence-corrected chi connectivity index (χ3v) is 7.02. The molecular weight excluding hydrogens is 428 g/mol. The number of halogens is 4. The van der Waals surface area contributed by atoms with Crippen LogP contribution in [-0.4, -0.2) is 47.2 Å². The minimum atomic E-state index is -4.58. The third-order valence-electron chi connectivity index (χ3n) is 7.02. The Bertz CT molecular complexity index is 846. The minimum Gasteiger partial charge on any atom is -0.481 e. The van der Waals surface area contributed by atoms with Gasteiger partial charge in [-0.25, -0.2) is 4.39 Å². The standard InChI is InChI=1S/C23H30F4N2O3/c1-3-15-6-10-29(11-7-15)19(14(2)23(25,26)27)20(30)28-18-12-16(4-5-17(18)24)13-22(8-9-22)21(31)32/h4-5,12,14-15,19H,3,6-11,13H2,1-2H3,(H,28,30)(H,31,32)/t14?,19-/m0/s1. The number of carbonyl (C=O) groups is 2. The fourth-order valence-corrected chi connectivity index (χ4v) is 4.52. The Morgan fingerprint density at radius 1 is 1.25 bits per heavy atom. The Kier molecular flexibility index (Phi) is 7.17. The summed E-state index contributed by atoms with van der Waals surface area (Å²) >= 11 is 0. The molecule has 0 bridgehead atoms. The normalized spacial score (nSPS) is 21.1. The first-order valence-corrected chi connectivity index (χ1v) is 11.1. The Labute approximate surface area is 185 Å². The van der Waals surface area contributed by atoms with Gasteiger partial charge in [0.05, 0.1) is 17.0 Å². The molecule has 1 amide bonds. The van der Waals surface area contributed by atoms with Gasteiger partial charge in [-0.15, -0.1) is 0 Å². The second-order valence-corrected chi connectivity index (χ2v) is 9.23. The van der Waals surface area contributed by atoms with Crippen LogP contribution in [-0.2, 0) is 16.0 Å². The van der Waals surface area contributed by atoms with E-state index < -0.39 is 41.2 Å².